The van der Waals surface area contributed by atoms with Crippen molar-refractivity contribution in [1.82, 2.24) is 20.0 Å². The normalized spacial score (nSPS) is 11.5. The third-order valence-electron chi connectivity index (χ3n) is 3.15. The molecule has 0 bridgehead atoms. The van der Waals surface area contributed by atoms with Gasteiger partial charge in [0.05, 0.1) is 6.20 Å². The van der Waals surface area contributed by atoms with Crippen LogP contribution in [0.1, 0.15) is 11.1 Å². The molecule has 1 N–H and O–H groups in total. The molecule has 1 aromatic heterocycles. The second-order valence-corrected chi connectivity index (χ2v) is 5.72. The second-order valence-electron chi connectivity index (χ2n) is 4.87. The minimum Gasteiger partial charge on any atom is -0.352 e. The molecule has 0 atom stereocenters. The van der Waals surface area contributed by atoms with Crippen LogP contribution < -0.4 is 5.32 Å². The van der Waals surface area contributed by atoms with Crippen molar-refractivity contribution in [1.29, 1.82) is 0 Å². The molecule has 5 nitrogen and oxygen atoms in total. The zero-order valence-corrected chi connectivity index (χ0v) is 14.1. The predicted molar refractivity (Wildman–Crippen MR) is 89.0 cm³/mol. The molecule has 0 aliphatic carbocycles. The number of guanidine groups is 1. The Kier molecular flexibility index (Phi) is 5.38. The van der Waals surface area contributed by atoms with Crippen LogP contribution in [0, 0.1) is 0 Å². The third-order valence-corrected chi connectivity index (χ3v) is 3.92. The van der Waals surface area contributed by atoms with Gasteiger partial charge in [-0.1, -0.05) is 34.1 Å². The Balaban J connectivity index is 1.96. The molecule has 21 heavy (non-hydrogen) atoms. The summed E-state index contributed by atoms with van der Waals surface area (Å²) in [6.07, 6.45) is 3.85. The molecular weight excluding hydrogens is 330 g/mol. The van der Waals surface area contributed by atoms with Crippen LogP contribution in [0.15, 0.2) is 46.1 Å². The molecule has 6 heteroatoms. The van der Waals surface area contributed by atoms with Crippen molar-refractivity contribution in [2.75, 3.05) is 14.1 Å². The van der Waals surface area contributed by atoms with E-state index in [0.29, 0.717) is 6.54 Å². The van der Waals surface area contributed by atoms with E-state index >= 15 is 0 Å². The van der Waals surface area contributed by atoms with E-state index in [2.05, 4.69) is 48.4 Å². The van der Waals surface area contributed by atoms with Gasteiger partial charge in [-0.15, -0.1) is 0 Å². The Hall–Kier alpha value is -1.82. The number of rotatable bonds is 4. The molecule has 0 saturated heterocycles. The van der Waals surface area contributed by atoms with Crippen LogP contribution in [0.4, 0.5) is 0 Å². The number of nitrogens with one attached hydrogen (secondary N) is 1. The maximum atomic E-state index is 4.32. The summed E-state index contributed by atoms with van der Waals surface area (Å²) in [4.78, 5) is 6.42. The van der Waals surface area contributed by atoms with Gasteiger partial charge in [-0.05, 0) is 11.6 Å². The number of halogens is 1. The van der Waals surface area contributed by atoms with Crippen LogP contribution in [-0.4, -0.2) is 34.7 Å². The highest BCUT2D eigenvalue weighted by Gasteiger charge is 2.08. The van der Waals surface area contributed by atoms with Gasteiger partial charge < -0.3 is 10.2 Å². The van der Waals surface area contributed by atoms with Crippen molar-refractivity contribution in [3.05, 3.63) is 52.3 Å². The van der Waals surface area contributed by atoms with Crippen molar-refractivity contribution in [3.63, 3.8) is 0 Å². The van der Waals surface area contributed by atoms with Crippen molar-refractivity contribution >= 4 is 21.9 Å². The monoisotopic (exact) mass is 349 g/mol. The molecule has 112 valence electrons. The average Bonchev–Trinajstić information content (AvgIpc) is 2.88. The van der Waals surface area contributed by atoms with Crippen LogP contribution in [-0.2, 0) is 20.1 Å². The van der Waals surface area contributed by atoms with Gasteiger partial charge >= 0.3 is 0 Å². The number of aromatic nitrogens is 2. The van der Waals surface area contributed by atoms with Gasteiger partial charge in [-0.25, -0.2) is 0 Å². The van der Waals surface area contributed by atoms with Gasteiger partial charge in [0.15, 0.2) is 5.96 Å². The van der Waals surface area contributed by atoms with E-state index in [4.69, 9.17) is 0 Å². The molecule has 0 aliphatic rings. The Labute approximate surface area is 133 Å². The zero-order valence-electron chi connectivity index (χ0n) is 12.5. The van der Waals surface area contributed by atoms with Crippen LogP contribution in [0.25, 0.3) is 0 Å². The average molecular weight is 350 g/mol. The molecule has 1 aromatic carbocycles. The van der Waals surface area contributed by atoms with Crippen LogP contribution >= 0.6 is 15.9 Å². The molecular formula is C15H20BrN5. The summed E-state index contributed by atoms with van der Waals surface area (Å²) < 4.78 is 2.91. The van der Waals surface area contributed by atoms with E-state index in [-0.39, 0.29) is 0 Å². The summed E-state index contributed by atoms with van der Waals surface area (Å²) in [5, 5.41) is 7.51. The smallest absolute Gasteiger partial charge is 0.193 e. The molecule has 0 saturated carbocycles. The molecule has 0 aliphatic heterocycles. The SMILES string of the molecule is CN=C(NCc1cnn(C)c1)N(C)Cc1ccccc1Br. The molecule has 0 unspecified atom stereocenters. The Morgan fingerprint density at radius 2 is 2.19 bits per heavy atom. The maximum Gasteiger partial charge on any atom is 0.193 e. The van der Waals surface area contributed by atoms with E-state index in [9.17, 15) is 0 Å². The number of aryl methyl sites for hydroxylation is 1. The van der Waals surface area contributed by atoms with Crippen molar-refractivity contribution in [2.45, 2.75) is 13.1 Å². The lowest BCUT2D eigenvalue weighted by atomic mass is 10.2. The molecule has 0 radical (unpaired) electrons. The highest BCUT2D eigenvalue weighted by Crippen LogP contribution is 2.17. The molecule has 2 rings (SSSR count). The van der Waals surface area contributed by atoms with E-state index < -0.39 is 0 Å². The minimum atomic E-state index is 0.709. The molecule has 2 aromatic rings. The van der Waals surface area contributed by atoms with Gasteiger partial charge in [0.25, 0.3) is 0 Å². The first-order chi connectivity index (χ1) is 10.1. The molecule has 0 spiro atoms. The fraction of sp³-hybridized carbons (Fsp3) is 0.333. The number of nitrogens with zero attached hydrogens (tertiary/aromatic N) is 4. The van der Waals surface area contributed by atoms with Crippen LogP contribution in [0.5, 0.6) is 0 Å². The predicted octanol–water partition coefficient (Wildman–Crippen LogP) is 2.39. The van der Waals surface area contributed by atoms with Gasteiger partial charge in [0.1, 0.15) is 0 Å². The second kappa shape index (κ2) is 7.26. The molecule has 0 amide bonds. The fourth-order valence-corrected chi connectivity index (χ4v) is 2.50. The lowest BCUT2D eigenvalue weighted by Crippen LogP contribution is -2.38. The number of hydrogen-bond donors (Lipinski definition) is 1. The first-order valence-electron chi connectivity index (χ1n) is 6.73. The first kappa shape index (κ1) is 15.6. The van der Waals surface area contributed by atoms with Crippen LogP contribution in [0.3, 0.4) is 0 Å². The molecule has 0 fully saturated rings. The van der Waals surface area contributed by atoms with Gasteiger partial charge in [-0.3, -0.25) is 9.67 Å². The maximum absolute atomic E-state index is 4.32. The van der Waals surface area contributed by atoms with E-state index in [0.717, 1.165) is 22.5 Å². The standard InChI is InChI=1S/C15H20BrN5/c1-17-15(18-8-12-9-19-21(3)10-12)20(2)11-13-6-4-5-7-14(13)16/h4-7,9-10H,8,11H2,1-3H3,(H,17,18). The fourth-order valence-electron chi connectivity index (χ4n) is 2.09. The quantitative estimate of drug-likeness (QED) is 0.680. The Bertz CT molecular complexity index is 620. The number of aliphatic imine (C=N–C) groups is 1. The number of hydrogen-bond acceptors (Lipinski definition) is 2. The first-order valence-corrected chi connectivity index (χ1v) is 7.52. The van der Waals surface area contributed by atoms with Gasteiger partial charge in [-0.2, -0.15) is 5.10 Å². The Morgan fingerprint density at radius 1 is 1.43 bits per heavy atom. The summed E-state index contributed by atoms with van der Waals surface area (Å²) in [6.45, 7) is 1.49. The Morgan fingerprint density at radius 3 is 2.81 bits per heavy atom. The van der Waals surface area contributed by atoms with E-state index in [1.54, 1.807) is 11.7 Å². The van der Waals surface area contributed by atoms with Crippen molar-refractivity contribution < 1.29 is 0 Å². The lowest BCUT2D eigenvalue weighted by Gasteiger charge is -2.22. The largest absolute Gasteiger partial charge is 0.352 e. The number of benzene rings is 1. The third kappa shape index (κ3) is 4.32. The topological polar surface area (TPSA) is 45.5 Å². The van der Waals surface area contributed by atoms with Crippen molar-refractivity contribution in [3.8, 4) is 0 Å². The van der Waals surface area contributed by atoms with E-state index in [1.165, 1.54) is 5.56 Å². The highest BCUT2D eigenvalue weighted by molar-refractivity contribution is 9.10. The van der Waals surface area contributed by atoms with E-state index in [1.807, 2.05) is 38.6 Å². The summed E-state index contributed by atoms with van der Waals surface area (Å²) in [5.74, 6) is 0.856. The highest BCUT2D eigenvalue weighted by atomic mass is 79.9. The van der Waals surface area contributed by atoms with Gasteiger partial charge in [0.2, 0.25) is 0 Å². The summed E-state index contributed by atoms with van der Waals surface area (Å²) >= 11 is 3.58. The summed E-state index contributed by atoms with van der Waals surface area (Å²) in [6, 6.07) is 8.22. The summed E-state index contributed by atoms with van der Waals surface area (Å²) in [5.41, 5.74) is 2.36. The molecule has 1 heterocycles. The lowest BCUT2D eigenvalue weighted by molar-refractivity contribution is 0.475. The van der Waals surface area contributed by atoms with Crippen molar-refractivity contribution in [2.24, 2.45) is 12.0 Å². The minimum absolute atomic E-state index is 0.709. The zero-order chi connectivity index (χ0) is 15.2. The summed E-state index contributed by atoms with van der Waals surface area (Å²) in [7, 11) is 5.73. The van der Waals surface area contributed by atoms with Crippen LogP contribution in [0.2, 0.25) is 0 Å². The van der Waals surface area contributed by atoms with Gasteiger partial charge in [0, 0.05) is 50.5 Å².